The minimum Gasteiger partial charge on any atom is -0.478 e. The number of carbonyl (C=O) groups excluding carboxylic acids is 4. The monoisotopic (exact) mass is 844 g/mol. The predicted octanol–water partition coefficient (Wildman–Crippen LogP) is 6.19. The number of rotatable bonds is 16. The summed E-state index contributed by atoms with van der Waals surface area (Å²) in [4.78, 5) is 66.9. The van der Waals surface area contributed by atoms with Crippen molar-refractivity contribution >= 4 is 46.4 Å². The highest BCUT2D eigenvalue weighted by molar-refractivity contribution is 6.44. The molecule has 2 fully saturated rings. The van der Waals surface area contributed by atoms with Crippen molar-refractivity contribution < 1.29 is 28.7 Å². The van der Waals surface area contributed by atoms with E-state index >= 15 is 0 Å². The first-order valence-electron chi connectivity index (χ1n) is 22.2. The highest BCUT2D eigenvalue weighted by atomic mass is 16.5. The molecule has 6 heterocycles. The number of hydrogen-bond acceptors (Lipinski definition) is 12. The zero-order valence-electron chi connectivity index (χ0n) is 36.2. The number of ether oxygens (including phenoxy) is 2. The van der Waals surface area contributed by atoms with Gasteiger partial charge >= 0.3 is 0 Å². The molecule has 0 spiro atoms. The number of Topliss-reactive ketones (excluding diaryl/α,β-unsaturated/α-hetero) is 2. The van der Waals surface area contributed by atoms with Crippen LogP contribution >= 0.6 is 0 Å². The SMILES string of the molecule is CCCCOc1cc2c(c(N)n1)CC(=O)C(=O)N2Cc1cccc(CN2CCCC2)c1.CCCCOc1cc2c(c(N)n1)CC(=O)C(=O)N2Cc1cccc(CN2CCCC2)c1. The summed E-state index contributed by atoms with van der Waals surface area (Å²) in [7, 11) is 0. The fourth-order valence-corrected chi connectivity index (χ4v) is 8.46. The molecule has 4 aromatic rings. The number of aromatic nitrogens is 2. The molecular formula is C48H60N8O6. The summed E-state index contributed by atoms with van der Waals surface area (Å²) in [6, 6.07) is 19.9. The second-order valence-corrected chi connectivity index (χ2v) is 16.7. The van der Waals surface area contributed by atoms with Gasteiger partial charge in [0.1, 0.15) is 11.6 Å². The lowest BCUT2D eigenvalue weighted by molar-refractivity contribution is -0.136. The average Bonchev–Trinajstić information content (AvgIpc) is 3.98. The second kappa shape index (κ2) is 20.8. The predicted molar refractivity (Wildman–Crippen MR) is 240 cm³/mol. The maximum Gasteiger partial charge on any atom is 0.295 e. The zero-order valence-corrected chi connectivity index (χ0v) is 36.2. The number of ketones is 2. The van der Waals surface area contributed by atoms with E-state index in [0.29, 0.717) is 60.6 Å². The van der Waals surface area contributed by atoms with Gasteiger partial charge in [-0.05, 0) is 87.0 Å². The van der Waals surface area contributed by atoms with Crippen molar-refractivity contribution in [3.05, 3.63) is 94.0 Å². The highest BCUT2D eigenvalue weighted by Gasteiger charge is 2.35. The van der Waals surface area contributed by atoms with E-state index in [-0.39, 0.29) is 24.5 Å². The van der Waals surface area contributed by atoms with Crippen molar-refractivity contribution in [3.63, 3.8) is 0 Å². The van der Waals surface area contributed by atoms with Crippen LogP contribution in [0.2, 0.25) is 0 Å². The number of likely N-dealkylation sites (tertiary alicyclic amines) is 2. The number of hydrogen-bond donors (Lipinski definition) is 2. The van der Waals surface area contributed by atoms with Crippen LogP contribution in [0, 0.1) is 0 Å². The molecule has 4 aliphatic rings. The molecule has 4 aliphatic heterocycles. The maximum absolute atomic E-state index is 12.8. The Hall–Kier alpha value is -5.86. The average molecular weight is 845 g/mol. The Kier molecular flexibility index (Phi) is 14.8. The molecule has 0 aliphatic carbocycles. The van der Waals surface area contributed by atoms with E-state index < -0.39 is 23.4 Å². The summed E-state index contributed by atoms with van der Waals surface area (Å²) >= 11 is 0. The third-order valence-electron chi connectivity index (χ3n) is 11.8. The molecule has 328 valence electrons. The van der Waals surface area contributed by atoms with Gasteiger partial charge in [-0.3, -0.25) is 29.0 Å². The molecule has 0 saturated carbocycles. The molecule has 0 bridgehead atoms. The van der Waals surface area contributed by atoms with Crippen LogP contribution in [0.15, 0.2) is 60.7 Å². The van der Waals surface area contributed by atoms with Crippen molar-refractivity contribution in [3.8, 4) is 11.8 Å². The Morgan fingerprint density at radius 3 is 1.29 bits per heavy atom. The lowest BCUT2D eigenvalue weighted by Gasteiger charge is -2.29. The Labute approximate surface area is 364 Å². The van der Waals surface area contributed by atoms with Gasteiger partial charge in [0.05, 0.1) is 37.7 Å². The first-order valence-corrected chi connectivity index (χ1v) is 22.2. The van der Waals surface area contributed by atoms with Crippen LogP contribution in [0.5, 0.6) is 11.8 Å². The molecule has 2 amide bonds. The first kappa shape index (κ1) is 44.2. The number of nitrogen functional groups attached to an aromatic ring is 2. The third-order valence-corrected chi connectivity index (χ3v) is 11.8. The van der Waals surface area contributed by atoms with Crippen LogP contribution in [0.1, 0.15) is 98.6 Å². The quantitative estimate of drug-likeness (QED) is 0.0967. The van der Waals surface area contributed by atoms with Gasteiger partial charge in [0.25, 0.3) is 11.8 Å². The normalized spacial score (nSPS) is 16.6. The summed E-state index contributed by atoms with van der Waals surface area (Å²) in [5.74, 6) is -0.678. The van der Waals surface area contributed by atoms with Gasteiger partial charge in [-0.2, -0.15) is 9.97 Å². The molecule has 2 saturated heterocycles. The molecule has 62 heavy (non-hydrogen) atoms. The fraction of sp³-hybridized carbons (Fsp3) is 0.458. The summed E-state index contributed by atoms with van der Waals surface area (Å²) < 4.78 is 11.5. The minimum atomic E-state index is -0.512. The molecular weight excluding hydrogens is 785 g/mol. The van der Waals surface area contributed by atoms with Crippen LogP contribution in [0.4, 0.5) is 23.0 Å². The number of carbonyl (C=O) groups is 4. The van der Waals surface area contributed by atoms with Crippen LogP contribution in [0.25, 0.3) is 0 Å². The number of amides is 2. The van der Waals surface area contributed by atoms with Gasteiger partial charge in [-0.1, -0.05) is 75.2 Å². The smallest absolute Gasteiger partial charge is 0.295 e. The van der Waals surface area contributed by atoms with Crippen molar-refractivity contribution in [1.29, 1.82) is 0 Å². The molecule has 2 aromatic heterocycles. The van der Waals surface area contributed by atoms with Crippen molar-refractivity contribution in [2.45, 2.75) is 104 Å². The Bertz CT molecular complexity index is 2100. The zero-order chi connectivity index (χ0) is 43.6. The molecule has 14 nitrogen and oxygen atoms in total. The van der Waals surface area contributed by atoms with E-state index in [1.54, 1.807) is 12.1 Å². The standard InChI is InChI=1S/2C24H30N4O3/c2*1-2-3-11-31-22-14-20-19(23(25)26-22)13-21(29)24(30)28(20)16-18-8-6-7-17(12-18)15-27-9-4-5-10-27/h2*6-8,12,14H,2-5,9-11,13,15-16H2,1H3,(H2,25,26). The van der Waals surface area contributed by atoms with Crippen LogP contribution in [-0.4, -0.2) is 82.5 Å². The second-order valence-electron chi connectivity index (χ2n) is 16.7. The lowest BCUT2D eigenvalue weighted by atomic mass is 10.00. The van der Waals surface area contributed by atoms with Gasteiger partial charge in [-0.15, -0.1) is 0 Å². The number of nitrogens with zero attached hydrogens (tertiary/aromatic N) is 6. The van der Waals surface area contributed by atoms with Gasteiger partial charge in [0, 0.05) is 49.2 Å². The fourth-order valence-electron chi connectivity index (χ4n) is 8.46. The number of pyridine rings is 2. The van der Waals surface area contributed by atoms with E-state index in [1.807, 2.05) is 24.3 Å². The van der Waals surface area contributed by atoms with Crippen molar-refractivity contribution in [2.75, 3.05) is 60.7 Å². The van der Waals surface area contributed by atoms with Crippen LogP contribution in [0.3, 0.4) is 0 Å². The van der Waals surface area contributed by atoms with Gasteiger partial charge in [0.15, 0.2) is 0 Å². The van der Waals surface area contributed by atoms with E-state index in [2.05, 4.69) is 57.9 Å². The summed E-state index contributed by atoms with van der Waals surface area (Å²) in [6.07, 6.45) is 8.78. The molecule has 2 aromatic carbocycles. The number of fused-ring (bicyclic) bond motifs is 2. The first-order chi connectivity index (χ1) is 30.1. The minimum absolute atomic E-state index is 0.0201. The van der Waals surface area contributed by atoms with E-state index in [1.165, 1.54) is 46.6 Å². The Morgan fingerprint density at radius 2 is 0.919 bits per heavy atom. The molecule has 8 rings (SSSR count). The molecule has 0 unspecified atom stereocenters. The van der Waals surface area contributed by atoms with Crippen molar-refractivity contribution in [1.82, 2.24) is 19.8 Å². The largest absolute Gasteiger partial charge is 0.478 e. The van der Waals surface area contributed by atoms with E-state index in [0.717, 1.165) is 76.1 Å². The number of unbranched alkanes of at least 4 members (excludes halogenated alkanes) is 2. The molecule has 14 heteroatoms. The van der Waals surface area contributed by atoms with E-state index in [9.17, 15) is 19.2 Å². The molecule has 4 N–H and O–H groups in total. The lowest BCUT2D eigenvalue weighted by Crippen LogP contribution is -2.41. The van der Waals surface area contributed by atoms with Crippen LogP contribution < -0.4 is 30.7 Å². The van der Waals surface area contributed by atoms with Gasteiger partial charge in [0.2, 0.25) is 23.3 Å². The number of nitrogens with two attached hydrogens (primary N) is 2. The van der Waals surface area contributed by atoms with Gasteiger partial charge in [-0.25, -0.2) is 0 Å². The number of benzene rings is 2. The Morgan fingerprint density at radius 1 is 0.548 bits per heavy atom. The third kappa shape index (κ3) is 11.0. The highest BCUT2D eigenvalue weighted by Crippen LogP contribution is 2.36. The molecule has 0 atom stereocenters. The van der Waals surface area contributed by atoms with Crippen molar-refractivity contribution in [2.24, 2.45) is 0 Å². The topological polar surface area (TPSA) is 178 Å². The summed E-state index contributed by atoms with van der Waals surface area (Å²) in [5, 5.41) is 0. The van der Waals surface area contributed by atoms with Crippen LogP contribution in [-0.2, 0) is 58.2 Å². The van der Waals surface area contributed by atoms with Gasteiger partial charge < -0.3 is 30.7 Å². The number of anilines is 4. The maximum atomic E-state index is 12.8. The molecule has 0 radical (unpaired) electrons. The van der Waals surface area contributed by atoms with E-state index in [4.69, 9.17) is 20.9 Å². The summed E-state index contributed by atoms with van der Waals surface area (Å²) in [6.45, 7) is 12.2. The Balaban J connectivity index is 0.000000186. The summed E-state index contributed by atoms with van der Waals surface area (Å²) in [5.41, 5.74) is 19.1.